The summed E-state index contributed by atoms with van der Waals surface area (Å²) in [5, 5.41) is 7.41. The summed E-state index contributed by atoms with van der Waals surface area (Å²) in [4.78, 5) is 2.33. The van der Waals surface area contributed by atoms with E-state index in [-0.39, 0.29) is 16.4 Å². The molecule has 104 valence electrons. The minimum Gasteiger partial charge on any atom is -0.384 e. The third-order valence-corrected chi connectivity index (χ3v) is 4.48. The van der Waals surface area contributed by atoms with Crippen molar-refractivity contribution in [3.8, 4) is 0 Å². The number of amidine groups is 1. The van der Waals surface area contributed by atoms with E-state index < -0.39 is 0 Å². The third kappa shape index (κ3) is 3.94. The molecule has 3 N–H and O–H groups in total. The van der Waals surface area contributed by atoms with Crippen molar-refractivity contribution in [2.24, 2.45) is 5.73 Å². The normalized spacial score (nSPS) is 19.3. The van der Waals surface area contributed by atoms with Crippen molar-refractivity contribution in [1.82, 2.24) is 4.90 Å². The van der Waals surface area contributed by atoms with Crippen LogP contribution >= 0.6 is 11.8 Å². The van der Waals surface area contributed by atoms with Crippen LogP contribution in [-0.2, 0) is 6.54 Å². The Morgan fingerprint density at radius 1 is 1.47 bits per heavy atom. The highest BCUT2D eigenvalue weighted by Crippen LogP contribution is 2.30. The lowest BCUT2D eigenvalue weighted by Gasteiger charge is -2.37. The third-order valence-electron chi connectivity index (χ3n) is 3.18. The number of nitrogens with one attached hydrogen (secondary N) is 1. The molecule has 2 rings (SSSR count). The molecule has 0 amide bonds. The molecule has 1 aliphatic heterocycles. The van der Waals surface area contributed by atoms with E-state index in [2.05, 4.69) is 18.7 Å². The number of rotatable bonds is 3. The van der Waals surface area contributed by atoms with Crippen LogP contribution in [0.25, 0.3) is 0 Å². The van der Waals surface area contributed by atoms with Crippen LogP contribution in [0.1, 0.15) is 25.0 Å². The number of benzene rings is 1. The van der Waals surface area contributed by atoms with Crippen molar-refractivity contribution in [3.63, 3.8) is 0 Å². The van der Waals surface area contributed by atoms with Gasteiger partial charge in [-0.25, -0.2) is 4.39 Å². The number of halogens is 1. The SMILES string of the molecule is CC1(C)CN(Cc2cc(F)cc(C(=N)N)c2)CCS1. The zero-order chi connectivity index (χ0) is 14.0. The van der Waals surface area contributed by atoms with Gasteiger partial charge >= 0.3 is 0 Å². The number of thioether (sulfide) groups is 1. The second-order valence-corrected chi connectivity index (χ2v) is 7.38. The fourth-order valence-corrected chi connectivity index (χ4v) is 3.58. The highest BCUT2D eigenvalue weighted by molar-refractivity contribution is 8.00. The Kier molecular flexibility index (Phi) is 4.16. The van der Waals surface area contributed by atoms with Gasteiger partial charge in [0.1, 0.15) is 11.7 Å². The fourth-order valence-electron chi connectivity index (χ4n) is 2.40. The highest BCUT2D eigenvalue weighted by Gasteiger charge is 2.26. The van der Waals surface area contributed by atoms with Crippen LogP contribution in [0.4, 0.5) is 4.39 Å². The molecule has 1 heterocycles. The van der Waals surface area contributed by atoms with Crippen molar-refractivity contribution in [2.45, 2.75) is 25.1 Å². The first kappa shape index (κ1) is 14.3. The molecule has 1 aromatic carbocycles. The summed E-state index contributed by atoms with van der Waals surface area (Å²) < 4.78 is 13.8. The number of hydrogen-bond donors (Lipinski definition) is 2. The quantitative estimate of drug-likeness (QED) is 0.661. The molecular weight excluding hydrogens is 261 g/mol. The predicted octanol–water partition coefficient (Wildman–Crippen LogP) is 2.44. The van der Waals surface area contributed by atoms with Crippen LogP contribution in [0, 0.1) is 11.2 Å². The molecule has 0 radical (unpaired) electrons. The fraction of sp³-hybridized carbons (Fsp3) is 0.500. The van der Waals surface area contributed by atoms with Gasteiger partial charge in [-0.2, -0.15) is 11.8 Å². The van der Waals surface area contributed by atoms with Gasteiger partial charge in [0.25, 0.3) is 0 Å². The van der Waals surface area contributed by atoms with Gasteiger partial charge in [0.15, 0.2) is 0 Å². The van der Waals surface area contributed by atoms with Crippen molar-refractivity contribution < 1.29 is 4.39 Å². The second kappa shape index (κ2) is 5.51. The number of nitrogens with zero attached hydrogens (tertiary/aromatic N) is 1. The number of nitrogens with two attached hydrogens (primary N) is 1. The van der Waals surface area contributed by atoms with Gasteiger partial charge in [-0.15, -0.1) is 0 Å². The lowest BCUT2D eigenvalue weighted by molar-refractivity contribution is 0.252. The van der Waals surface area contributed by atoms with Gasteiger partial charge in [0, 0.05) is 35.7 Å². The van der Waals surface area contributed by atoms with Gasteiger partial charge < -0.3 is 5.73 Å². The molecule has 1 saturated heterocycles. The highest BCUT2D eigenvalue weighted by atomic mass is 32.2. The number of hydrogen-bond acceptors (Lipinski definition) is 3. The second-order valence-electron chi connectivity index (χ2n) is 5.58. The summed E-state index contributed by atoms with van der Waals surface area (Å²) in [6, 6.07) is 4.64. The Labute approximate surface area is 117 Å². The molecule has 0 spiro atoms. The molecule has 0 saturated carbocycles. The molecule has 0 bridgehead atoms. The Morgan fingerprint density at radius 3 is 2.84 bits per heavy atom. The minimum absolute atomic E-state index is 0.0877. The van der Waals surface area contributed by atoms with E-state index in [1.807, 2.05) is 11.8 Å². The van der Waals surface area contributed by atoms with Gasteiger partial charge in [-0.05, 0) is 37.6 Å². The van der Waals surface area contributed by atoms with E-state index >= 15 is 0 Å². The summed E-state index contributed by atoms with van der Waals surface area (Å²) in [5.74, 6) is 0.686. The molecule has 1 aliphatic rings. The summed E-state index contributed by atoms with van der Waals surface area (Å²) >= 11 is 1.98. The molecule has 0 aromatic heterocycles. The molecule has 0 atom stereocenters. The maximum atomic E-state index is 13.5. The standard InChI is InChI=1S/C14H20FN3S/c1-14(2)9-18(3-4-19-14)8-10-5-11(13(16)17)7-12(15)6-10/h5-7H,3-4,8-9H2,1-2H3,(H3,16,17). The summed E-state index contributed by atoms with van der Waals surface area (Å²) in [6.45, 7) is 7.18. The first-order chi connectivity index (χ1) is 8.85. The summed E-state index contributed by atoms with van der Waals surface area (Å²) in [5.41, 5.74) is 6.77. The molecule has 0 unspecified atom stereocenters. The maximum Gasteiger partial charge on any atom is 0.124 e. The van der Waals surface area contributed by atoms with Crippen molar-refractivity contribution in [3.05, 3.63) is 35.1 Å². The zero-order valence-corrected chi connectivity index (χ0v) is 12.2. The molecule has 0 aliphatic carbocycles. The van der Waals surface area contributed by atoms with Gasteiger partial charge in [-0.1, -0.05) is 0 Å². The van der Waals surface area contributed by atoms with Crippen molar-refractivity contribution in [1.29, 1.82) is 5.41 Å². The topological polar surface area (TPSA) is 53.1 Å². The Hall–Kier alpha value is -1.07. The van der Waals surface area contributed by atoms with Crippen LogP contribution in [0.2, 0.25) is 0 Å². The van der Waals surface area contributed by atoms with Crippen molar-refractivity contribution in [2.75, 3.05) is 18.8 Å². The summed E-state index contributed by atoms with van der Waals surface area (Å²) in [7, 11) is 0. The van der Waals surface area contributed by atoms with Crippen LogP contribution in [0.3, 0.4) is 0 Å². The van der Waals surface area contributed by atoms with Gasteiger partial charge in [0.05, 0.1) is 0 Å². The monoisotopic (exact) mass is 281 g/mol. The molecule has 1 aromatic rings. The van der Waals surface area contributed by atoms with E-state index in [9.17, 15) is 4.39 Å². The minimum atomic E-state index is -0.326. The molecule has 1 fully saturated rings. The zero-order valence-electron chi connectivity index (χ0n) is 11.4. The van der Waals surface area contributed by atoms with Gasteiger partial charge in [-0.3, -0.25) is 10.3 Å². The largest absolute Gasteiger partial charge is 0.384 e. The molecule has 5 heteroatoms. The van der Waals surface area contributed by atoms with Crippen LogP contribution < -0.4 is 5.73 Å². The lowest BCUT2D eigenvalue weighted by Crippen LogP contribution is -2.42. The van der Waals surface area contributed by atoms with Crippen molar-refractivity contribution >= 4 is 17.6 Å². The Bertz CT molecular complexity index is 488. The number of nitrogen functional groups attached to an aromatic ring is 1. The van der Waals surface area contributed by atoms with E-state index in [0.717, 1.165) is 24.4 Å². The van der Waals surface area contributed by atoms with E-state index in [4.69, 9.17) is 11.1 Å². The first-order valence-corrected chi connectivity index (χ1v) is 7.34. The average molecular weight is 281 g/mol. The Morgan fingerprint density at radius 2 is 2.21 bits per heavy atom. The molecular formula is C14H20FN3S. The predicted molar refractivity (Wildman–Crippen MR) is 79.2 cm³/mol. The maximum absolute atomic E-state index is 13.5. The lowest BCUT2D eigenvalue weighted by atomic mass is 10.1. The van der Waals surface area contributed by atoms with Gasteiger partial charge in [0.2, 0.25) is 0 Å². The smallest absolute Gasteiger partial charge is 0.124 e. The molecule has 3 nitrogen and oxygen atoms in total. The molecule has 19 heavy (non-hydrogen) atoms. The van der Waals surface area contributed by atoms with Crippen LogP contribution in [0.15, 0.2) is 18.2 Å². The Balaban J connectivity index is 2.12. The van der Waals surface area contributed by atoms with Crippen LogP contribution in [-0.4, -0.2) is 34.3 Å². The first-order valence-electron chi connectivity index (χ1n) is 6.36. The average Bonchev–Trinajstić information content (AvgIpc) is 2.26. The van der Waals surface area contributed by atoms with Crippen LogP contribution in [0.5, 0.6) is 0 Å². The van der Waals surface area contributed by atoms with E-state index in [1.165, 1.54) is 12.1 Å². The van der Waals surface area contributed by atoms with E-state index in [1.54, 1.807) is 6.07 Å². The summed E-state index contributed by atoms with van der Waals surface area (Å²) in [6.07, 6.45) is 0. The van der Waals surface area contributed by atoms with E-state index in [0.29, 0.717) is 12.1 Å².